The molecule has 0 radical (unpaired) electrons. The second kappa shape index (κ2) is 8.84. The summed E-state index contributed by atoms with van der Waals surface area (Å²) in [5.74, 6) is 0.453. The number of amides is 1. The van der Waals surface area contributed by atoms with Gasteiger partial charge in [-0.05, 0) is 19.9 Å². The van der Waals surface area contributed by atoms with Gasteiger partial charge >= 0.3 is 12.3 Å². The first-order chi connectivity index (χ1) is 15.6. The van der Waals surface area contributed by atoms with Gasteiger partial charge in [-0.2, -0.15) is 23.4 Å². The molecular formula is C19H21F4N7O3. The quantitative estimate of drug-likeness (QED) is 0.473. The highest BCUT2D eigenvalue weighted by atomic mass is 19.4. The lowest BCUT2D eigenvalue weighted by Gasteiger charge is -2.16. The van der Waals surface area contributed by atoms with Crippen molar-refractivity contribution < 1.29 is 31.8 Å². The average Bonchev–Trinajstić information content (AvgIpc) is 3.40. The number of fused-ring (bicyclic) bond motifs is 1. The maximum Gasteiger partial charge on any atom is 0.407 e. The first kappa shape index (κ1) is 22.8. The molecule has 4 heterocycles. The summed E-state index contributed by atoms with van der Waals surface area (Å²) in [6, 6.07) is 2.60. The summed E-state index contributed by atoms with van der Waals surface area (Å²) in [7, 11) is 0. The average molecular weight is 471 g/mol. The van der Waals surface area contributed by atoms with E-state index in [2.05, 4.69) is 30.9 Å². The lowest BCUT2D eigenvalue weighted by Crippen LogP contribution is -2.36. The van der Waals surface area contributed by atoms with E-state index in [1.165, 1.54) is 29.0 Å². The van der Waals surface area contributed by atoms with Crippen LogP contribution in [0.4, 0.5) is 34.0 Å². The molecule has 1 amide bonds. The second-order valence-corrected chi connectivity index (χ2v) is 7.81. The van der Waals surface area contributed by atoms with E-state index in [1.54, 1.807) is 13.8 Å². The number of ether oxygens (including phenoxy) is 2. The number of hydrogen-bond donors (Lipinski definition) is 3. The molecule has 33 heavy (non-hydrogen) atoms. The Morgan fingerprint density at radius 1 is 1.39 bits per heavy atom. The number of anilines is 2. The van der Waals surface area contributed by atoms with E-state index in [0.717, 1.165) is 0 Å². The molecule has 0 spiro atoms. The Morgan fingerprint density at radius 2 is 2.18 bits per heavy atom. The lowest BCUT2D eigenvalue weighted by molar-refractivity contribution is -0.127. The van der Waals surface area contributed by atoms with Gasteiger partial charge in [-0.1, -0.05) is 0 Å². The van der Waals surface area contributed by atoms with Gasteiger partial charge in [0, 0.05) is 24.5 Å². The molecule has 4 rings (SSSR count). The number of H-pyrrole nitrogens is 1. The van der Waals surface area contributed by atoms with Gasteiger partial charge in [0.1, 0.15) is 11.6 Å². The Kier molecular flexibility index (Phi) is 6.10. The molecule has 0 saturated carbocycles. The van der Waals surface area contributed by atoms with Crippen LogP contribution in [0, 0.1) is 0 Å². The summed E-state index contributed by atoms with van der Waals surface area (Å²) in [4.78, 5) is 15.9. The zero-order valence-electron chi connectivity index (χ0n) is 17.6. The monoisotopic (exact) mass is 471 g/mol. The summed E-state index contributed by atoms with van der Waals surface area (Å²) < 4.78 is 64.6. The molecule has 0 unspecified atom stereocenters. The van der Waals surface area contributed by atoms with Crippen LogP contribution in [0.1, 0.15) is 31.3 Å². The molecule has 10 nitrogen and oxygen atoms in total. The Morgan fingerprint density at radius 3 is 2.91 bits per heavy atom. The zero-order chi connectivity index (χ0) is 23.8. The number of rotatable bonds is 6. The first-order valence-corrected chi connectivity index (χ1v) is 10.0. The highest BCUT2D eigenvalue weighted by Gasteiger charge is 2.42. The predicted octanol–water partition coefficient (Wildman–Crippen LogP) is 3.21. The molecule has 3 aromatic rings. The number of hydrogen-bond acceptors (Lipinski definition) is 7. The van der Waals surface area contributed by atoms with E-state index < -0.39 is 37.1 Å². The summed E-state index contributed by atoms with van der Waals surface area (Å²) in [6.07, 6.45) is -7.25. The van der Waals surface area contributed by atoms with E-state index in [9.17, 15) is 22.4 Å². The molecule has 1 saturated heterocycles. The topological polar surface area (TPSA) is 118 Å². The minimum atomic E-state index is -4.39. The van der Waals surface area contributed by atoms with Gasteiger partial charge in [-0.3, -0.25) is 5.10 Å². The van der Waals surface area contributed by atoms with Gasteiger partial charge in [0.15, 0.2) is 23.9 Å². The van der Waals surface area contributed by atoms with Gasteiger partial charge in [-0.25, -0.2) is 18.7 Å². The smallest absolute Gasteiger partial charge is 0.407 e. The molecular weight excluding hydrogens is 450 g/mol. The highest BCUT2D eigenvalue weighted by molar-refractivity contribution is 5.72. The molecule has 1 aliphatic rings. The molecule has 0 aliphatic carbocycles. The number of aromatic nitrogens is 5. The zero-order valence-corrected chi connectivity index (χ0v) is 17.6. The third kappa shape index (κ3) is 5.32. The number of carbonyl (C=O) groups is 1. The van der Waals surface area contributed by atoms with Crippen molar-refractivity contribution in [2.24, 2.45) is 0 Å². The van der Waals surface area contributed by atoms with Gasteiger partial charge < -0.3 is 20.1 Å². The number of halogens is 4. The van der Waals surface area contributed by atoms with Crippen LogP contribution < -0.4 is 10.6 Å². The van der Waals surface area contributed by atoms with Gasteiger partial charge in [0.05, 0.1) is 24.4 Å². The summed E-state index contributed by atoms with van der Waals surface area (Å²) >= 11 is 0. The first-order valence-electron chi connectivity index (χ1n) is 10.0. The molecule has 1 aliphatic heterocycles. The fraction of sp³-hybridized carbons (Fsp3) is 0.474. The van der Waals surface area contributed by atoms with Crippen LogP contribution in [0.2, 0.25) is 0 Å². The van der Waals surface area contributed by atoms with Crippen molar-refractivity contribution in [1.29, 1.82) is 0 Å². The minimum absolute atomic E-state index is 0.127. The van der Waals surface area contributed by atoms with Crippen LogP contribution >= 0.6 is 0 Å². The van der Waals surface area contributed by atoms with Crippen LogP contribution in [0.25, 0.3) is 5.52 Å². The fourth-order valence-electron chi connectivity index (χ4n) is 3.37. The Bertz CT molecular complexity index is 1130. The van der Waals surface area contributed by atoms with Crippen molar-refractivity contribution in [3.05, 3.63) is 35.9 Å². The van der Waals surface area contributed by atoms with E-state index >= 15 is 0 Å². The predicted molar refractivity (Wildman–Crippen MR) is 107 cm³/mol. The van der Waals surface area contributed by atoms with Crippen LogP contribution in [-0.4, -0.2) is 62.0 Å². The van der Waals surface area contributed by atoms with Gasteiger partial charge in [0.2, 0.25) is 0 Å². The molecule has 1 fully saturated rings. The Balaban J connectivity index is 1.45. The normalized spacial score (nSPS) is 21.0. The van der Waals surface area contributed by atoms with Crippen LogP contribution in [0.15, 0.2) is 24.5 Å². The number of nitrogens with one attached hydrogen (secondary N) is 3. The third-order valence-corrected chi connectivity index (χ3v) is 4.72. The van der Waals surface area contributed by atoms with Crippen LogP contribution in [-0.2, 0) is 15.9 Å². The maximum absolute atomic E-state index is 14.8. The minimum Gasteiger partial charge on any atom is -0.441 e. The van der Waals surface area contributed by atoms with Crippen molar-refractivity contribution in [3.63, 3.8) is 0 Å². The lowest BCUT2D eigenvalue weighted by atomic mass is 10.1. The third-order valence-electron chi connectivity index (χ3n) is 4.72. The van der Waals surface area contributed by atoms with Crippen molar-refractivity contribution in [2.45, 2.75) is 50.9 Å². The van der Waals surface area contributed by atoms with Crippen LogP contribution in [0.5, 0.6) is 0 Å². The number of carbonyl (C=O) groups excluding carboxylic acids is 1. The van der Waals surface area contributed by atoms with E-state index in [1.807, 2.05) is 0 Å². The molecule has 178 valence electrons. The van der Waals surface area contributed by atoms with E-state index in [-0.39, 0.29) is 30.0 Å². The van der Waals surface area contributed by atoms with Gasteiger partial charge in [0.25, 0.3) is 0 Å². The summed E-state index contributed by atoms with van der Waals surface area (Å²) in [6.45, 7) is 3.37. The molecule has 3 aromatic heterocycles. The van der Waals surface area contributed by atoms with Crippen molar-refractivity contribution in [3.8, 4) is 0 Å². The molecule has 3 atom stereocenters. The standard InChI is InChI=1S/C19H21F4N7O3/c1-9(2)25-18(31)33-13-8-32-16(15(13)20)11-6-14(28-27-11)26-17-12-5-10(7-19(21,22)23)29-30(12)4-3-24-17/h3-6,9,13,15-16H,7-8H2,1-2H3,(H,25,31)(H2,24,26,27,28)/t13-,15-,16-/m1/s1. The number of alkyl halides is 4. The van der Waals surface area contributed by atoms with E-state index in [4.69, 9.17) is 9.47 Å². The summed E-state index contributed by atoms with van der Waals surface area (Å²) in [5.41, 5.74) is 0.443. The largest absolute Gasteiger partial charge is 0.441 e. The van der Waals surface area contributed by atoms with Crippen molar-refractivity contribution >= 4 is 23.2 Å². The van der Waals surface area contributed by atoms with Crippen molar-refractivity contribution in [2.75, 3.05) is 11.9 Å². The van der Waals surface area contributed by atoms with Crippen molar-refractivity contribution in [1.82, 2.24) is 30.1 Å². The van der Waals surface area contributed by atoms with E-state index in [0.29, 0.717) is 11.2 Å². The molecule has 0 bridgehead atoms. The molecule has 0 aromatic carbocycles. The van der Waals surface area contributed by atoms with Crippen LogP contribution in [0.3, 0.4) is 0 Å². The fourth-order valence-corrected chi connectivity index (χ4v) is 3.37. The Labute approximate surface area is 184 Å². The molecule has 14 heteroatoms. The summed E-state index contributed by atoms with van der Waals surface area (Å²) in [5, 5.41) is 16.0. The number of aromatic amines is 1. The second-order valence-electron chi connectivity index (χ2n) is 7.81. The number of nitrogens with zero attached hydrogens (tertiary/aromatic N) is 4. The molecule has 3 N–H and O–H groups in total. The highest BCUT2D eigenvalue weighted by Crippen LogP contribution is 2.34. The maximum atomic E-state index is 14.8. The SMILES string of the molecule is CC(C)NC(=O)O[C@@H]1CO[C@H](c2cc(Nc3nccn4nc(CC(F)(F)F)cc34)n[nH]2)[C@@H]1F. The Hall–Kier alpha value is -3.42. The number of alkyl carbamates (subject to hydrolysis) is 1. The van der Waals surface area contributed by atoms with Gasteiger partial charge in [-0.15, -0.1) is 0 Å².